The average molecular weight is 208 g/mol. The molecule has 0 aromatic heterocycles. The summed E-state index contributed by atoms with van der Waals surface area (Å²) in [5, 5.41) is -1.47. The molecule has 0 radical (unpaired) electrons. The molecule has 0 aliphatic rings. The monoisotopic (exact) mass is 208 g/mol. The van der Waals surface area contributed by atoms with E-state index in [0.29, 0.717) is 0 Å². The summed E-state index contributed by atoms with van der Waals surface area (Å²) in [6, 6.07) is -3.57. The van der Waals surface area contributed by atoms with Gasteiger partial charge >= 0.3 is 0 Å². The summed E-state index contributed by atoms with van der Waals surface area (Å²) in [7, 11) is -8.57. The van der Waals surface area contributed by atoms with Gasteiger partial charge < -0.3 is 0 Å². The van der Waals surface area contributed by atoms with E-state index in [1.807, 2.05) is 0 Å². The number of rotatable bonds is 4. The SMILES string of the molecule is O=S(=O)(CF)CS(=O)(=O)CF. The summed E-state index contributed by atoms with van der Waals surface area (Å²) < 4.78 is 63.9. The van der Waals surface area contributed by atoms with E-state index in [2.05, 4.69) is 0 Å². The molecule has 11 heavy (non-hydrogen) atoms. The van der Waals surface area contributed by atoms with Crippen LogP contribution in [0.3, 0.4) is 0 Å². The smallest absolute Gasteiger partial charge is 0.193 e. The lowest BCUT2D eigenvalue weighted by molar-refractivity contribution is 0.527. The van der Waals surface area contributed by atoms with Gasteiger partial charge in [-0.1, -0.05) is 0 Å². The molecule has 0 unspecified atom stereocenters. The van der Waals surface area contributed by atoms with Crippen LogP contribution in [0.5, 0.6) is 0 Å². The summed E-state index contributed by atoms with van der Waals surface area (Å²) >= 11 is 0. The van der Waals surface area contributed by atoms with E-state index in [9.17, 15) is 25.6 Å². The summed E-state index contributed by atoms with van der Waals surface area (Å²) in [5.74, 6) is 0. The van der Waals surface area contributed by atoms with Crippen molar-refractivity contribution in [3.05, 3.63) is 0 Å². The van der Waals surface area contributed by atoms with E-state index >= 15 is 0 Å². The van der Waals surface area contributed by atoms with E-state index < -0.39 is 36.8 Å². The average Bonchev–Trinajstić information content (AvgIpc) is 1.86. The van der Waals surface area contributed by atoms with Gasteiger partial charge in [-0.2, -0.15) is 0 Å². The van der Waals surface area contributed by atoms with Crippen LogP contribution in [0.4, 0.5) is 8.78 Å². The molecule has 0 saturated heterocycles. The number of alkyl halides is 2. The zero-order valence-electron chi connectivity index (χ0n) is 5.33. The van der Waals surface area contributed by atoms with Crippen molar-refractivity contribution in [3.8, 4) is 0 Å². The van der Waals surface area contributed by atoms with Crippen molar-refractivity contribution >= 4 is 19.7 Å². The third-order valence-corrected chi connectivity index (χ3v) is 4.23. The van der Waals surface area contributed by atoms with Crippen LogP contribution in [0.1, 0.15) is 0 Å². The van der Waals surface area contributed by atoms with Gasteiger partial charge in [0.2, 0.25) is 0 Å². The van der Waals surface area contributed by atoms with Crippen molar-refractivity contribution < 1.29 is 25.6 Å². The van der Waals surface area contributed by atoms with Crippen LogP contribution in [-0.4, -0.2) is 33.9 Å². The van der Waals surface area contributed by atoms with E-state index in [1.54, 1.807) is 0 Å². The maximum atomic E-state index is 11.5. The second-order valence-corrected chi connectivity index (χ2v) is 6.18. The fourth-order valence-electron chi connectivity index (χ4n) is 0.337. The van der Waals surface area contributed by atoms with Crippen molar-refractivity contribution in [2.75, 3.05) is 17.1 Å². The van der Waals surface area contributed by atoms with Crippen LogP contribution in [0.25, 0.3) is 0 Å². The molecule has 4 nitrogen and oxygen atoms in total. The van der Waals surface area contributed by atoms with Crippen LogP contribution in [0.2, 0.25) is 0 Å². The minimum absolute atomic E-state index is 1.47. The van der Waals surface area contributed by atoms with E-state index in [4.69, 9.17) is 0 Å². The molecule has 0 aromatic rings. The van der Waals surface area contributed by atoms with Gasteiger partial charge in [0, 0.05) is 0 Å². The summed E-state index contributed by atoms with van der Waals surface area (Å²) in [5.41, 5.74) is 0. The maximum absolute atomic E-state index is 11.5. The largest absolute Gasteiger partial charge is 0.234 e. The highest BCUT2D eigenvalue weighted by Gasteiger charge is 2.21. The molecule has 0 atom stereocenters. The summed E-state index contributed by atoms with van der Waals surface area (Å²) in [6.07, 6.45) is 0. The third kappa shape index (κ3) is 4.25. The molecule has 0 heterocycles. The molecule has 0 fully saturated rings. The van der Waals surface area contributed by atoms with Crippen molar-refractivity contribution in [2.24, 2.45) is 0 Å². The standard InChI is InChI=1S/C3H6F2O4S2/c4-1-10(6,7)3-11(8,9)2-5/h1-3H2. The molecule has 0 aliphatic carbocycles. The number of hydrogen-bond donors (Lipinski definition) is 0. The quantitative estimate of drug-likeness (QED) is 0.632. The topological polar surface area (TPSA) is 68.3 Å². The van der Waals surface area contributed by atoms with Gasteiger partial charge in [0.15, 0.2) is 36.8 Å². The highest BCUT2D eigenvalue weighted by molar-refractivity contribution is 8.07. The summed E-state index contributed by atoms with van der Waals surface area (Å²) in [6.45, 7) is 0. The second kappa shape index (κ2) is 3.44. The Morgan fingerprint density at radius 2 is 1.09 bits per heavy atom. The second-order valence-electron chi connectivity index (χ2n) is 1.82. The van der Waals surface area contributed by atoms with Gasteiger partial charge in [-0.25, -0.2) is 25.6 Å². The fourth-order valence-corrected chi connectivity index (χ4v) is 3.03. The first-order valence-corrected chi connectivity index (χ1v) is 6.00. The minimum Gasteiger partial charge on any atom is -0.234 e. The number of halogens is 2. The normalized spacial score (nSPS) is 13.3. The van der Waals surface area contributed by atoms with E-state index in [0.717, 1.165) is 0 Å². The van der Waals surface area contributed by atoms with Crippen LogP contribution in [0.15, 0.2) is 0 Å². The fraction of sp³-hybridized carbons (Fsp3) is 1.00. The Hall–Kier alpha value is -0.240. The molecule has 0 N–H and O–H groups in total. The highest BCUT2D eigenvalue weighted by atomic mass is 32.3. The Morgan fingerprint density at radius 3 is 1.27 bits per heavy atom. The molecule has 0 rings (SSSR count). The summed E-state index contributed by atoms with van der Waals surface area (Å²) in [4.78, 5) is 0. The van der Waals surface area contributed by atoms with E-state index in [-0.39, 0.29) is 0 Å². The van der Waals surface area contributed by atoms with Crippen molar-refractivity contribution in [2.45, 2.75) is 0 Å². The lowest BCUT2D eigenvalue weighted by Crippen LogP contribution is -2.18. The van der Waals surface area contributed by atoms with E-state index in [1.165, 1.54) is 0 Å². The minimum atomic E-state index is -4.28. The predicted molar refractivity (Wildman–Crippen MR) is 34.7 cm³/mol. The zero-order chi connectivity index (χ0) is 9.12. The Balaban J connectivity index is 4.54. The Kier molecular flexibility index (Phi) is 3.36. The van der Waals surface area contributed by atoms with Gasteiger partial charge in [-0.05, 0) is 0 Å². The molecule has 68 valence electrons. The molecular formula is C3H6F2O4S2. The zero-order valence-corrected chi connectivity index (χ0v) is 6.96. The first kappa shape index (κ1) is 10.8. The third-order valence-electron chi connectivity index (χ3n) is 0.692. The van der Waals surface area contributed by atoms with Crippen LogP contribution < -0.4 is 0 Å². The molecule has 0 amide bonds. The van der Waals surface area contributed by atoms with Crippen LogP contribution in [0, 0.1) is 0 Å². The first-order valence-electron chi connectivity index (χ1n) is 2.36. The molecule has 0 aromatic carbocycles. The molecular weight excluding hydrogens is 202 g/mol. The molecule has 0 aliphatic heterocycles. The first-order chi connectivity index (χ1) is 4.83. The molecule has 8 heteroatoms. The van der Waals surface area contributed by atoms with Crippen molar-refractivity contribution in [3.63, 3.8) is 0 Å². The van der Waals surface area contributed by atoms with Gasteiger partial charge in [0.1, 0.15) is 0 Å². The molecule has 0 bridgehead atoms. The lowest BCUT2D eigenvalue weighted by Gasteiger charge is -1.96. The Bertz CT molecular complexity index is 270. The predicted octanol–water partition coefficient (Wildman–Crippen LogP) is -0.373. The number of hydrogen-bond acceptors (Lipinski definition) is 4. The van der Waals surface area contributed by atoms with Crippen molar-refractivity contribution in [1.82, 2.24) is 0 Å². The molecule has 0 saturated carbocycles. The maximum Gasteiger partial charge on any atom is 0.193 e. The van der Waals surface area contributed by atoms with Gasteiger partial charge in [0.05, 0.1) is 0 Å². The van der Waals surface area contributed by atoms with Gasteiger partial charge in [-0.3, -0.25) is 0 Å². The van der Waals surface area contributed by atoms with Gasteiger partial charge in [0.25, 0.3) is 0 Å². The van der Waals surface area contributed by atoms with Crippen molar-refractivity contribution in [1.29, 1.82) is 0 Å². The number of sulfone groups is 2. The Morgan fingerprint density at radius 1 is 0.818 bits per heavy atom. The molecule has 0 spiro atoms. The van der Waals surface area contributed by atoms with Gasteiger partial charge in [-0.15, -0.1) is 0 Å². The van der Waals surface area contributed by atoms with Crippen LogP contribution >= 0.6 is 0 Å². The van der Waals surface area contributed by atoms with Crippen LogP contribution in [-0.2, 0) is 19.7 Å². The Labute approximate surface area is 63.1 Å². The lowest BCUT2D eigenvalue weighted by atomic mass is 11.8. The highest BCUT2D eigenvalue weighted by Crippen LogP contribution is 1.99.